The molecule has 0 saturated heterocycles. The summed E-state index contributed by atoms with van der Waals surface area (Å²) in [5.74, 6) is 0.590. The highest BCUT2D eigenvalue weighted by atomic mass is 35.5. The molecule has 0 aliphatic rings. The van der Waals surface area contributed by atoms with Crippen LogP contribution in [0.5, 0.6) is 0 Å². The van der Waals surface area contributed by atoms with Crippen LogP contribution in [-0.4, -0.2) is 0 Å². The Kier molecular flexibility index (Phi) is 2.47. The van der Waals surface area contributed by atoms with Gasteiger partial charge in [0.2, 0.25) is 0 Å². The maximum absolute atomic E-state index is 5.96. The van der Waals surface area contributed by atoms with E-state index in [0.717, 1.165) is 0 Å². The summed E-state index contributed by atoms with van der Waals surface area (Å²) in [4.78, 5) is 0. The van der Waals surface area contributed by atoms with Crippen LogP contribution in [0.4, 0.5) is 0 Å². The van der Waals surface area contributed by atoms with Crippen LogP contribution in [0.1, 0.15) is 16.7 Å². The SMILES string of the molecule is Cc1ccc2c(C)cccc2c1CCl. The Morgan fingerprint density at radius 3 is 2.43 bits per heavy atom. The Labute approximate surface area is 89.5 Å². The summed E-state index contributed by atoms with van der Waals surface area (Å²) in [5, 5.41) is 2.61. The van der Waals surface area contributed by atoms with Crippen LogP contribution in [0.2, 0.25) is 0 Å². The number of rotatable bonds is 1. The van der Waals surface area contributed by atoms with Gasteiger partial charge in [-0.2, -0.15) is 0 Å². The van der Waals surface area contributed by atoms with Crippen molar-refractivity contribution >= 4 is 22.4 Å². The topological polar surface area (TPSA) is 0 Å². The summed E-state index contributed by atoms with van der Waals surface area (Å²) in [5.41, 5.74) is 3.85. The first-order valence-corrected chi connectivity index (χ1v) is 5.31. The first-order chi connectivity index (χ1) is 6.74. The molecule has 0 nitrogen and oxygen atoms in total. The third-order valence-electron chi connectivity index (χ3n) is 2.76. The first-order valence-electron chi connectivity index (χ1n) is 4.78. The van der Waals surface area contributed by atoms with Crippen LogP contribution in [0.3, 0.4) is 0 Å². The summed E-state index contributed by atoms with van der Waals surface area (Å²) < 4.78 is 0. The van der Waals surface area contributed by atoms with Crippen molar-refractivity contribution in [3.8, 4) is 0 Å². The van der Waals surface area contributed by atoms with Crippen LogP contribution in [0.15, 0.2) is 30.3 Å². The minimum Gasteiger partial charge on any atom is -0.122 e. The fraction of sp³-hybridized carbons (Fsp3) is 0.231. The van der Waals surface area contributed by atoms with Crippen LogP contribution < -0.4 is 0 Å². The van der Waals surface area contributed by atoms with E-state index in [1.165, 1.54) is 27.5 Å². The number of hydrogen-bond acceptors (Lipinski definition) is 0. The minimum atomic E-state index is 0.590. The zero-order valence-electron chi connectivity index (χ0n) is 8.47. The van der Waals surface area contributed by atoms with Gasteiger partial charge in [-0.3, -0.25) is 0 Å². The second-order valence-electron chi connectivity index (χ2n) is 3.66. The normalized spacial score (nSPS) is 10.8. The highest BCUT2D eigenvalue weighted by molar-refractivity contribution is 6.18. The number of aryl methyl sites for hydroxylation is 2. The largest absolute Gasteiger partial charge is 0.122 e. The zero-order chi connectivity index (χ0) is 10.1. The highest BCUT2D eigenvalue weighted by Gasteiger charge is 2.04. The van der Waals surface area contributed by atoms with Crippen molar-refractivity contribution in [2.24, 2.45) is 0 Å². The predicted molar refractivity (Wildman–Crippen MR) is 63.0 cm³/mol. The first kappa shape index (κ1) is 9.54. The number of alkyl halides is 1. The van der Waals surface area contributed by atoms with Crippen LogP contribution in [0.25, 0.3) is 10.8 Å². The van der Waals surface area contributed by atoms with E-state index in [2.05, 4.69) is 44.2 Å². The van der Waals surface area contributed by atoms with Crippen molar-refractivity contribution in [3.05, 3.63) is 47.0 Å². The van der Waals surface area contributed by atoms with Crippen molar-refractivity contribution in [2.45, 2.75) is 19.7 Å². The average Bonchev–Trinajstić information content (AvgIpc) is 2.18. The van der Waals surface area contributed by atoms with Crippen molar-refractivity contribution in [1.29, 1.82) is 0 Å². The van der Waals surface area contributed by atoms with E-state index in [-0.39, 0.29) is 0 Å². The second-order valence-corrected chi connectivity index (χ2v) is 3.93. The Balaban J connectivity index is 2.88. The van der Waals surface area contributed by atoms with Gasteiger partial charge in [-0.25, -0.2) is 0 Å². The molecule has 0 aromatic heterocycles. The minimum absolute atomic E-state index is 0.590. The lowest BCUT2D eigenvalue weighted by Crippen LogP contribution is -1.88. The molecule has 0 atom stereocenters. The summed E-state index contributed by atoms with van der Waals surface area (Å²) in [6.07, 6.45) is 0. The lowest BCUT2D eigenvalue weighted by atomic mass is 9.98. The molecule has 0 fully saturated rings. The van der Waals surface area contributed by atoms with Crippen molar-refractivity contribution in [1.82, 2.24) is 0 Å². The molecule has 2 aromatic rings. The fourth-order valence-corrected chi connectivity index (χ4v) is 2.22. The standard InChI is InChI=1S/C13H13Cl/c1-9-4-3-5-12-11(9)7-6-10(2)13(12)8-14/h3-7H,8H2,1-2H3. The second kappa shape index (κ2) is 3.62. The Morgan fingerprint density at radius 1 is 0.929 bits per heavy atom. The number of fused-ring (bicyclic) bond motifs is 1. The summed E-state index contributed by atoms with van der Waals surface area (Å²) >= 11 is 5.96. The van der Waals surface area contributed by atoms with E-state index in [4.69, 9.17) is 11.6 Å². The maximum atomic E-state index is 5.96. The van der Waals surface area contributed by atoms with Gasteiger partial charge in [0.05, 0.1) is 0 Å². The molecule has 0 spiro atoms. The lowest BCUT2D eigenvalue weighted by molar-refractivity contribution is 1.33. The molecule has 0 aliphatic heterocycles. The molecule has 0 bridgehead atoms. The van der Waals surface area contributed by atoms with Gasteiger partial charge < -0.3 is 0 Å². The fourth-order valence-electron chi connectivity index (χ4n) is 1.86. The molecule has 0 N–H and O–H groups in total. The zero-order valence-corrected chi connectivity index (χ0v) is 9.23. The number of hydrogen-bond donors (Lipinski definition) is 0. The lowest BCUT2D eigenvalue weighted by Gasteiger charge is -2.08. The third-order valence-corrected chi connectivity index (χ3v) is 3.03. The molecule has 2 rings (SSSR count). The molecular weight excluding hydrogens is 192 g/mol. The van der Waals surface area contributed by atoms with Gasteiger partial charge in [-0.1, -0.05) is 30.3 Å². The third kappa shape index (κ3) is 1.40. The quantitative estimate of drug-likeness (QED) is 0.611. The molecule has 0 heterocycles. The van der Waals surface area contributed by atoms with Crippen molar-refractivity contribution in [3.63, 3.8) is 0 Å². The van der Waals surface area contributed by atoms with Gasteiger partial charge in [0, 0.05) is 5.88 Å². The molecule has 0 aliphatic carbocycles. The maximum Gasteiger partial charge on any atom is 0.0482 e. The molecule has 0 radical (unpaired) electrons. The predicted octanol–water partition coefficient (Wildman–Crippen LogP) is 4.20. The Bertz CT molecular complexity index is 472. The van der Waals surface area contributed by atoms with Gasteiger partial charge in [0.25, 0.3) is 0 Å². The van der Waals surface area contributed by atoms with Crippen LogP contribution in [-0.2, 0) is 5.88 Å². The smallest absolute Gasteiger partial charge is 0.0482 e. The molecule has 14 heavy (non-hydrogen) atoms. The molecule has 2 aromatic carbocycles. The van der Waals surface area contributed by atoms with Gasteiger partial charge in [0.15, 0.2) is 0 Å². The molecule has 0 saturated carbocycles. The van der Waals surface area contributed by atoms with Gasteiger partial charge in [-0.05, 0) is 41.3 Å². The van der Waals surface area contributed by atoms with Gasteiger partial charge in [-0.15, -0.1) is 11.6 Å². The molecule has 1 heteroatoms. The molecule has 72 valence electrons. The summed E-state index contributed by atoms with van der Waals surface area (Å²) in [6, 6.07) is 10.7. The summed E-state index contributed by atoms with van der Waals surface area (Å²) in [6.45, 7) is 4.25. The monoisotopic (exact) mass is 204 g/mol. The number of halogens is 1. The van der Waals surface area contributed by atoms with Gasteiger partial charge in [0.1, 0.15) is 0 Å². The van der Waals surface area contributed by atoms with E-state index >= 15 is 0 Å². The highest BCUT2D eigenvalue weighted by Crippen LogP contribution is 2.25. The van der Waals surface area contributed by atoms with E-state index in [1.807, 2.05) is 0 Å². The summed E-state index contributed by atoms with van der Waals surface area (Å²) in [7, 11) is 0. The van der Waals surface area contributed by atoms with Crippen LogP contribution >= 0.6 is 11.6 Å². The number of benzene rings is 2. The van der Waals surface area contributed by atoms with E-state index in [9.17, 15) is 0 Å². The van der Waals surface area contributed by atoms with Crippen molar-refractivity contribution in [2.75, 3.05) is 0 Å². The van der Waals surface area contributed by atoms with E-state index in [1.54, 1.807) is 0 Å². The molecular formula is C13H13Cl. The van der Waals surface area contributed by atoms with Crippen LogP contribution in [0, 0.1) is 13.8 Å². The Hall–Kier alpha value is -1.01. The average molecular weight is 205 g/mol. The van der Waals surface area contributed by atoms with Crippen molar-refractivity contribution < 1.29 is 0 Å². The van der Waals surface area contributed by atoms with E-state index in [0.29, 0.717) is 5.88 Å². The Morgan fingerprint density at radius 2 is 1.71 bits per heavy atom. The van der Waals surface area contributed by atoms with E-state index < -0.39 is 0 Å². The molecule has 0 unspecified atom stereocenters. The van der Waals surface area contributed by atoms with Gasteiger partial charge >= 0.3 is 0 Å². The molecule has 0 amide bonds.